The van der Waals surface area contributed by atoms with Crippen molar-refractivity contribution in [2.75, 3.05) is 27.7 Å². The average Bonchev–Trinajstić information content (AvgIpc) is 2.11. The fourth-order valence-electron chi connectivity index (χ4n) is 1.40. The van der Waals surface area contributed by atoms with Gasteiger partial charge in [0.05, 0.1) is 21.1 Å². The SMILES string of the molecule is CC(=O)CC(=O)OC(C[N+](C)(C)C)C(C)C(=O)[O-]. The number of ether oxygens (including phenoxy) is 1. The van der Waals surface area contributed by atoms with E-state index in [1.165, 1.54) is 13.8 Å². The molecule has 0 bridgehead atoms. The van der Waals surface area contributed by atoms with Crippen LogP contribution in [0, 0.1) is 5.92 Å². The molecule has 0 spiro atoms. The van der Waals surface area contributed by atoms with Crippen LogP contribution in [0.4, 0.5) is 0 Å². The molecule has 0 aromatic carbocycles. The number of carboxylic acid groups (broad SMARTS) is 1. The molecule has 0 radical (unpaired) electrons. The number of Topliss-reactive ketones (excluding diaryl/α,β-unsaturated/α-hetero) is 1. The first-order chi connectivity index (χ1) is 8.03. The summed E-state index contributed by atoms with van der Waals surface area (Å²) < 4.78 is 5.50. The van der Waals surface area contributed by atoms with Gasteiger partial charge in [0.1, 0.15) is 18.7 Å². The van der Waals surface area contributed by atoms with Gasteiger partial charge >= 0.3 is 5.97 Å². The predicted molar refractivity (Wildman–Crippen MR) is 62.2 cm³/mol. The van der Waals surface area contributed by atoms with Crippen molar-refractivity contribution in [3.8, 4) is 0 Å². The van der Waals surface area contributed by atoms with Crippen molar-refractivity contribution in [3.63, 3.8) is 0 Å². The second-order valence-electron chi connectivity index (χ2n) is 5.49. The molecule has 0 aromatic heterocycles. The summed E-state index contributed by atoms with van der Waals surface area (Å²) in [7, 11) is 5.56. The van der Waals surface area contributed by atoms with Crippen LogP contribution in [-0.2, 0) is 19.1 Å². The minimum Gasteiger partial charge on any atom is -0.550 e. The topological polar surface area (TPSA) is 83.5 Å². The monoisotopic (exact) mass is 259 g/mol. The molecule has 0 fully saturated rings. The summed E-state index contributed by atoms with van der Waals surface area (Å²) in [5.74, 6) is -3.21. The highest BCUT2D eigenvalue weighted by atomic mass is 16.5. The van der Waals surface area contributed by atoms with Gasteiger partial charge in [0.15, 0.2) is 6.10 Å². The van der Waals surface area contributed by atoms with Crippen LogP contribution in [0.15, 0.2) is 0 Å². The van der Waals surface area contributed by atoms with Crippen molar-refractivity contribution in [2.45, 2.75) is 26.4 Å². The predicted octanol–water partition coefficient (Wildman–Crippen LogP) is -1.03. The summed E-state index contributed by atoms with van der Waals surface area (Å²) in [6.45, 7) is 3.04. The van der Waals surface area contributed by atoms with Gasteiger partial charge in [-0.1, -0.05) is 6.92 Å². The van der Waals surface area contributed by atoms with E-state index in [0.717, 1.165) is 0 Å². The number of ketones is 1. The third kappa shape index (κ3) is 7.01. The molecule has 0 heterocycles. The molecule has 2 atom stereocenters. The maximum Gasteiger partial charge on any atom is 0.313 e. The molecule has 6 nitrogen and oxygen atoms in total. The Morgan fingerprint density at radius 3 is 2.06 bits per heavy atom. The lowest BCUT2D eigenvalue weighted by Crippen LogP contribution is -2.49. The highest BCUT2D eigenvalue weighted by molar-refractivity contribution is 5.94. The second-order valence-corrected chi connectivity index (χ2v) is 5.49. The summed E-state index contributed by atoms with van der Waals surface area (Å²) in [6.07, 6.45) is -1.14. The largest absolute Gasteiger partial charge is 0.550 e. The second kappa shape index (κ2) is 6.49. The number of nitrogens with zero attached hydrogens (tertiary/aromatic N) is 1. The van der Waals surface area contributed by atoms with Gasteiger partial charge in [0.2, 0.25) is 0 Å². The van der Waals surface area contributed by atoms with Crippen LogP contribution in [0.5, 0.6) is 0 Å². The molecule has 6 heteroatoms. The van der Waals surface area contributed by atoms with E-state index >= 15 is 0 Å². The Bertz CT molecular complexity index is 332. The minimum absolute atomic E-state index is 0.315. The van der Waals surface area contributed by atoms with Crippen molar-refractivity contribution in [1.82, 2.24) is 0 Å². The van der Waals surface area contributed by atoms with E-state index in [1.54, 1.807) is 0 Å². The lowest BCUT2D eigenvalue weighted by Gasteiger charge is -2.32. The highest BCUT2D eigenvalue weighted by Gasteiger charge is 2.28. The van der Waals surface area contributed by atoms with Gasteiger partial charge in [-0.15, -0.1) is 0 Å². The number of rotatable bonds is 7. The van der Waals surface area contributed by atoms with E-state index in [-0.39, 0.29) is 12.2 Å². The summed E-state index contributed by atoms with van der Waals surface area (Å²) in [6, 6.07) is 0. The maximum absolute atomic E-state index is 11.4. The number of carboxylic acids is 1. The average molecular weight is 259 g/mol. The molecule has 0 aliphatic heterocycles. The standard InChI is InChI=1S/C12H21NO5/c1-8(14)6-11(15)18-10(7-13(3,4)5)9(2)12(16)17/h9-10H,6-7H2,1-5H3. The van der Waals surface area contributed by atoms with Gasteiger partial charge in [-0.05, 0) is 6.92 Å². The van der Waals surface area contributed by atoms with E-state index in [1.807, 2.05) is 21.1 Å². The first-order valence-electron chi connectivity index (χ1n) is 5.73. The number of aliphatic carboxylic acids is 1. The van der Waals surface area contributed by atoms with E-state index < -0.39 is 24.0 Å². The molecule has 0 N–H and O–H groups in total. The van der Waals surface area contributed by atoms with Crippen LogP contribution >= 0.6 is 0 Å². The molecule has 0 saturated carbocycles. The van der Waals surface area contributed by atoms with Gasteiger partial charge in [-0.3, -0.25) is 9.59 Å². The summed E-state index contributed by atoms with van der Waals surface area (Å²) in [5, 5.41) is 10.9. The van der Waals surface area contributed by atoms with E-state index in [0.29, 0.717) is 11.0 Å². The smallest absolute Gasteiger partial charge is 0.313 e. The molecule has 18 heavy (non-hydrogen) atoms. The van der Waals surface area contributed by atoms with Gasteiger partial charge < -0.3 is 19.1 Å². The molecular weight excluding hydrogens is 238 g/mol. The Morgan fingerprint density at radius 2 is 1.72 bits per heavy atom. The fraction of sp³-hybridized carbons (Fsp3) is 0.750. The lowest BCUT2D eigenvalue weighted by atomic mass is 10.0. The van der Waals surface area contributed by atoms with E-state index in [4.69, 9.17) is 4.74 Å². The number of carbonyl (C=O) groups is 3. The minimum atomic E-state index is -1.27. The zero-order chi connectivity index (χ0) is 14.5. The third-order valence-electron chi connectivity index (χ3n) is 2.33. The van der Waals surface area contributed by atoms with E-state index in [9.17, 15) is 19.5 Å². The van der Waals surface area contributed by atoms with Crippen molar-refractivity contribution < 1.29 is 28.7 Å². The van der Waals surface area contributed by atoms with E-state index in [2.05, 4.69) is 0 Å². The Morgan fingerprint density at radius 1 is 1.22 bits per heavy atom. The molecule has 0 aliphatic rings. The van der Waals surface area contributed by atoms with Crippen LogP contribution in [-0.4, -0.2) is 56.0 Å². The summed E-state index contributed by atoms with van der Waals surface area (Å²) in [5.41, 5.74) is 0. The zero-order valence-electron chi connectivity index (χ0n) is 11.6. The van der Waals surface area contributed by atoms with Crippen molar-refractivity contribution in [1.29, 1.82) is 0 Å². The first kappa shape index (κ1) is 16.6. The zero-order valence-corrected chi connectivity index (χ0v) is 11.6. The summed E-state index contributed by atoms with van der Waals surface area (Å²) >= 11 is 0. The number of esters is 1. The lowest BCUT2D eigenvalue weighted by molar-refractivity contribution is -0.873. The number of hydrogen-bond acceptors (Lipinski definition) is 5. The van der Waals surface area contributed by atoms with Crippen molar-refractivity contribution in [3.05, 3.63) is 0 Å². The van der Waals surface area contributed by atoms with Gasteiger partial charge in [0.25, 0.3) is 0 Å². The Hall–Kier alpha value is -1.43. The molecule has 104 valence electrons. The summed E-state index contributed by atoms with van der Waals surface area (Å²) in [4.78, 5) is 33.1. The van der Waals surface area contributed by atoms with Crippen LogP contribution in [0.25, 0.3) is 0 Å². The first-order valence-corrected chi connectivity index (χ1v) is 5.73. The van der Waals surface area contributed by atoms with Gasteiger partial charge in [0, 0.05) is 11.9 Å². The quantitative estimate of drug-likeness (QED) is 0.331. The Kier molecular flexibility index (Phi) is 5.97. The maximum atomic E-state index is 11.4. The Labute approximate surface area is 107 Å². The highest BCUT2D eigenvalue weighted by Crippen LogP contribution is 2.12. The number of carbonyl (C=O) groups excluding carboxylic acids is 3. The van der Waals surface area contributed by atoms with Gasteiger partial charge in [-0.2, -0.15) is 0 Å². The van der Waals surface area contributed by atoms with Gasteiger partial charge in [-0.25, -0.2) is 0 Å². The van der Waals surface area contributed by atoms with Crippen molar-refractivity contribution >= 4 is 17.7 Å². The molecule has 0 amide bonds. The number of quaternary nitrogens is 1. The molecule has 2 unspecified atom stereocenters. The fourth-order valence-corrected chi connectivity index (χ4v) is 1.40. The molecule has 0 rings (SSSR count). The Balaban J connectivity index is 4.72. The molecule has 0 aliphatic carbocycles. The van der Waals surface area contributed by atoms with Crippen molar-refractivity contribution in [2.24, 2.45) is 5.92 Å². The normalized spacial score (nSPS) is 14.7. The molecule has 0 aromatic rings. The van der Waals surface area contributed by atoms with Crippen LogP contribution in [0.1, 0.15) is 20.3 Å². The van der Waals surface area contributed by atoms with Crippen LogP contribution < -0.4 is 5.11 Å². The number of likely N-dealkylation sites (N-methyl/N-ethyl adjacent to an activating group) is 1. The molecule has 0 saturated heterocycles. The number of hydrogen-bond donors (Lipinski definition) is 0. The van der Waals surface area contributed by atoms with Crippen LogP contribution in [0.2, 0.25) is 0 Å². The third-order valence-corrected chi connectivity index (χ3v) is 2.33. The van der Waals surface area contributed by atoms with Crippen LogP contribution in [0.3, 0.4) is 0 Å². The molecular formula is C12H21NO5.